The molecule has 0 aliphatic rings. The molecule has 38 heavy (non-hydrogen) atoms. The minimum Gasteiger partial charge on any atom is -0.545 e. The molecule has 0 bridgehead atoms. The molecule has 0 amide bonds. The van der Waals surface area contributed by atoms with E-state index in [1.165, 1.54) is 36.4 Å². The topological polar surface area (TPSA) is 241 Å². The van der Waals surface area contributed by atoms with Crippen molar-refractivity contribution >= 4 is 35.8 Å². The van der Waals surface area contributed by atoms with E-state index in [2.05, 4.69) is 0 Å². The van der Waals surface area contributed by atoms with Crippen molar-refractivity contribution in [1.29, 1.82) is 0 Å². The summed E-state index contributed by atoms with van der Waals surface area (Å²) in [6, 6.07) is 15.4. The summed E-state index contributed by atoms with van der Waals surface area (Å²) >= 11 is 0. The van der Waals surface area contributed by atoms with Gasteiger partial charge in [0.15, 0.2) is 0 Å². The smallest absolute Gasteiger partial charge is 0.545 e. The molecule has 0 aliphatic carbocycles. The van der Waals surface area contributed by atoms with Crippen molar-refractivity contribution < 1.29 is 131 Å². The van der Waals surface area contributed by atoms with Gasteiger partial charge in [-0.15, -0.1) is 0 Å². The monoisotopic (exact) mass is 770 g/mol. The Balaban J connectivity index is 0. The molecule has 0 aliphatic heterocycles. The van der Waals surface area contributed by atoms with Crippen LogP contribution in [-0.4, -0.2) is 35.8 Å². The number of aromatic carboxylic acids is 6. The third-order valence-corrected chi connectivity index (χ3v) is 4.10. The van der Waals surface area contributed by atoms with Gasteiger partial charge in [-0.2, -0.15) is 0 Å². The number of carbonyl (C=O) groups is 6. The van der Waals surface area contributed by atoms with Crippen molar-refractivity contribution in [1.82, 2.24) is 0 Å². The number of carbonyl (C=O) groups excluding carboxylic acids is 6. The van der Waals surface area contributed by atoms with E-state index in [1.807, 2.05) is 0 Å². The third kappa shape index (κ3) is 11.5. The molecule has 3 rings (SSSR count). The quantitative estimate of drug-likeness (QED) is 0.230. The number of benzene rings is 3. The largest absolute Gasteiger partial charge is 3.00 e. The molecule has 0 saturated heterocycles. The average molecular weight is 770 g/mol. The fourth-order valence-corrected chi connectivity index (χ4v) is 2.52. The minimum absolute atomic E-state index is 0. The maximum absolute atomic E-state index is 10.3. The summed E-state index contributed by atoms with van der Waals surface area (Å²) < 4.78 is 0. The van der Waals surface area contributed by atoms with Crippen molar-refractivity contribution in [3.63, 3.8) is 0 Å². The van der Waals surface area contributed by atoms with Crippen LogP contribution in [0.5, 0.6) is 0 Å². The van der Waals surface area contributed by atoms with Crippen LogP contribution in [0.1, 0.15) is 62.1 Å². The Morgan fingerprint density at radius 3 is 0.500 bits per heavy atom. The van der Waals surface area contributed by atoms with Crippen LogP contribution in [0.4, 0.5) is 0 Å². The number of carboxylic acids is 6. The van der Waals surface area contributed by atoms with Crippen molar-refractivity contribution in [2.75, 3.05) is 0 Å². The second kappa shape index (κ2) is 18.2. The fraction of sp³-hybridized carbons (Fsp3) is 0. The molecule has 0 atom stereocenters. The Hall–Kier alpha value is -3.13. The SMILES string of the molecule is O=C([O-])c1ccccc1C(=O)[O-].O=C([O-])c1ccccc1C(=O)[O-].O=C([O-])c1ccccc1C(=O)[O-].[La+3].[La+3]. The van der Waals surface area contributed by atoms with E-state index in [0.29, 0.717) is 0 Å². The first-order valence-electron chi connectivity index (χ1n) is 9.43. The molecule has 0 fully saturated rings. The first-order chi connectivity index (χ1) is 16.9. The zero-order valence-electron chi connectivity index (χ0n) is 19.0. The Morgan fingerprint density at radius 1 is 0.316 bits per heavy atom. The second-order valence-electron chi connectivity index (χ2n) is 6.36. The molecule has 3 aromatic carbocycles. The molecule has 14 heteroatoms. The molecule has 12 nitrogen and oxygen atoms in total. The first-order valence-corrected chi connectivity index (χ1v) is 9.43. The summed E-state index contributed by atoms with van der Waals surface area (Å²) in [7, 11) is 0. The number of hydrogen-bond acceptors (Lipinski definition) is 12. The van der Waals surface area contributed by atoms with Crippen LogP contribution in [0, 0.1) is 71.2 Å². The Morgan fingerprint density at radius 2 is 0.421 bits per heavy atom. The molecule has 0 radical (unpaired) electrons. The summed E-state index contributed by atoms with van der Waals surface area (Å²) in [6.45, 7) is 0. The van der Waals surface area contributed by atoms with E-state index in [4.69, 9.17) is 0 Å². The molecule has 0 unspecified atom stereocenters. The molecule has 3 aromatic rings. The first kappa shape index (κ1) is 37.0. The molecule has 186 valence electrons. The van der Waals surface area contributed by atoms with Crippen molar-refractivity contribution in [3.05, 3.63) is 106 Å². The summed E-state index contributed by atoms with van der Waals surface area (Å²) in [5.41, 5.74) is -2.18. The van der Waals surface area contributed by atoms with Crippen LogP contribution < -0.4 is 30.6 Å². The second-order valence-corrected chi connectivity index (χ2v) is 6.36. The molecular weight excluding hydrogens is 758 g/mol. The molecule has 0 spiro atoms. The number of carboxylic acid groups (broad SMARTS) is 6. The third-order valence-electron chi connectivity index (χ3n) is 4.10. The van der Waals surface area contributed by atoms with Gasteiger partial charge in [0, 0.05) is 33.4 Å². The van der Waals surface area contributed by atoms with Crippen molar-refractivity contribution in [2.24, 2.45) is 0 Å². The standard InChI is InChI=1S/3C8H6O4.2La/c3*9-7(10)5-3-1-2-4-6(5)8(11)12;;/h3*1-4H,(H,9,10)(H,11,12);;/q;;;2*+3/p-6. The van der Waals surface area contributed by atoms with Gasteiger partial charge in [-0.3, -0.25) is 0 Å². The van der Waals surface area contributed by atoms with Gasteiger partial charge in [0.05, 0.1) is 35.8 Å². The van der Waals surface area contributed by atoms with Crippen LogP contribution in [0.3, 0.4) is 0 Å². The van der Waals surface area contributed by atoms with E-state index >= 15 is 0 Å². The van der Waals surface area contributed by atoms with Gasteiger partial charge >= 0.3 is 71.2 Å². The van der Waals surface area contributed by atoms with E-state index < -0.39 is 35.8 Å². The Labute approximate surface area is 270 Å². The van der Waals surface area contributed by atoms with Gasteiger partial charge in [0.25, 0.3) is 0 Å². The fourth-order valence-electron chi connectivity index (χ4n) is 2.52. The van der Waals surface area contributed by atoms with Crippen LogP contribution in [-0.2, 0) is 0 Å². The van der Waals surface area contributed by atoms with Gasteiger partial charge in [-0.1, -0.05) is 72.8 Å². The van der Waals surface area contributed by atoms with E-state index in [0.717, 1.165) is 36.4 Å². The van der Waals surface area contributed by atoms with Gasteiger partial charge in [0.2, 0.25) is 0 Å². The zero-order chi connectivity index (χ0) is 27.4. The van der Waals surface area contributed by atoms with Crippen LogP contribution in [0.25, 0.3) is 0 Å². The van der Waals surface area contributed by atoms with Crippen molar-refractivity contribution in [2.45, 2.75) is 0 Å². The summed E-state index contributed by atoms with van der Waals surface area (Å²) in [5.74, 6) is -9.11. The normalized spacial score (nSPS) is 8.84. The number of rotatable bonds is 6. The average Bonchev–Trinajstić information content (AvgIpc) is 2.84. The maximum atomic E-state index is 10.3. The van der Waals surface area contributed by atoms with Crippen LogP contribution >= 0.6 is 0 Å². The number of hydrogen-bond donors (Lipinski definition) is 0. The van der Waals surface area contributed by atoms with Crippen molar-refractivity contribution in [3.8, 4) is 0 Å². The van der Waals surface area contributed by atoms with Gasteiger partial charge in [0.1, 0.15) is 0 Å². The molecule has 0 aromatic heterocycles. The molecular formula is C24H12La2O12. The van der Waals surface area contributed by atoms with Crippen LogP contribution in [0.2, 0.25) is 0 Å². The summed E-state index contributed by atoms with van der Waals surface area (Å²) in [6.07, 6.45) is 0. The van der Waals surface area contributed by atoms with E-state index in [9.17, 15) is 59.4 Å². The predicted molar refractivity (Wildman–Crippen MR) is 105 cm³/mol. The summed E-state index contributed by atoms with van der Waals surface area (Å²) in [4.78, 5) is 61.9. The van der Waals surface area contributed by atoms with E-state index in [-0.39, 0.29) is 105 Å². The summed E-state index contributed by atoms with van der Waals surface area (Å²) in [5, 5.41) is 61.9. The van der Waals surface area contributed by atoms with Gasteiger partial charge in [-0.05, 0) is 0 Å². The minimum atomic E-state index is -1.52. The Bertz CT molecular complexity index is 1060. The molecule has 0 saturated carbocycles. The van der Waals surface area contributed by atoms with Crippen LogP contribution in [0.15, 0.2) is 72.8 Å². The van der Waals surface area contributed by atoms with E-state index in [1.54, 1.807) is 0 Å². The van der Waals surface area contributed by atoms with Gasteiger partial charge in [-0.25, -0.2) is 0 Å². The van der Waals surface area contributed by atoms with Gasteiger partial charge < -0.3 is 59.4 Å². The molecule has 0 heterocycles. The maximum Gasteiger partial charge on any atom is 3.00 e. The predicted octanol–water partition coefficient (Wildman–Crippen LogP) is -4.76. The Kier molecular flexibility index (Phi) is 17.7. The zero-order valence-corrected chi connectivity index (χ0v) is 26.2. The molecule has 0 N–H and O–H groups in total.